The Labute approximate surface area is 162 Å². The molecule has 0 unspecified atom stereocenters. The van der Waals surface area contributed by atoms with Crippen LogP contribution in [0.2, 0.25) is 0 Å². The summed E-state index contributed by atoms with van der Waals surface area (Å²) in [7, 11) is 0. The number of nitrogens with one attached hydrogen (secondary N) is 1. The number of hydrogen-bond donors (Lipinski definition) is 2. The van der Waals surface area contributed by atoms with Gasteiger partial charge in [-0.05, 0) is 39.8 Å². The number of carbonyl (C=O) groups excluding carboxylic acids is 1. The highest BCUT2D eigenvalue weighted by atomic mass is 16.4. The Morgan fingerprint density at radius 1 is 1.18 bits per heavy atom. The quantitative estimate of drug-likeness (QED) is 0.683. The van der Waals surface area contributed by atoms with E-state index in [1.54, 1.807) is 13.8 Å². The minimum Gasteiger partial charge on any atom is -0.479 e. The molecule has 0 bridgehead atoms. The Balaban J connectivity index is 1.75. The van der Waals surface area contributed by atoms with Gasteiger partial charge in [-0.15, -0.1) is 0 Å². The van der Waals surface area contributed by atoms with E-state index in [0.29, 0.717) is 5.69 Å². The van der Waals surface area contributed by atoms with E-state index in [-0.39, 0.29) is 12.3 Å². The van der Waals surface area contributed by atoms with Gasteiger partial charge in [0.1, 0.15) is 0 Å². The van der Waals surface area contributed by atoms with Gasteiger partial charge in [-0.25, -0.2) is 9.48 Å². The van der Waals surface area contributed by atoms with Crippen LogP contribution in [0.5, 0.6) is 0 Å². The summed E-state index contributed by atoms with van der Waals surface area (Å²) in [6.45, 7) is 6.89. The van der Waals surface area contributed by atoms with Crippen LogP contribution < -0.4 is 5.32 Å². The lowest BCUT2D eigenvalue weighted by Gasteiger charge is -2.19. The van der Waals surface area contributed by atoms with Crippen LogP contribution in [-0.2, 0) is 21.5 Å². The second kappa shape index (κ2) is 7.30. The number of para-hydroxylation sites is 1. The summed E-state index contributed by atoms with van der Waals surface area (Å²) in [6.07, 6.45) is 3.12. The molecule has 0 spiro atoms. The second-order valence-electron chi connectivity index (χ2n) is 7.16. The zero-order chi connectivity index (χ0) is 20.5. The van der Waals surface area contributed by atoms with Crippen molar-refractivity contribution in [3.8, 4) is 5.69 Å². The maximum absolute atomic E-state index is 12.5. The fourth-order valence-electron chi connectivity index (χ4n) is 2.91. The lowest BCUT2D eigenvalue weighted by atomic mass is 10.1. The Morgan fingerprint density at radius 3 is 2.50 bits per heavy atom. The van der Waals surface area contributed by atoms with Crippen LogP contribution in [0.25, 0.3) is 5.69 Å². The van der Waals surface area contributed by atoms with Gasteiger partial charge < -0.3 is 10.4 Å². The van der Waals surface area contributed by atoms with Crippen LogP contribution in [0.4, 0.5) is 5.69 Å². The number of carboxylic acids is 1. The maximum Gasteiger partial charge on any atom is 0.331 e. The van der Waals surface area contributed by atoms with Gasteiger partial charge in [-0.3, -0.25) is 9.48 Å². The molecular weight excluding hydrogens is 358 g/mol. The highest BCUT2D eigenvalue weighted by molar-refractivity contribution is 5.92. The zero-order valence-corrected chi connectivity index (χ0v) is 16.3. The molecule has 2 aromatic heterocycles. The van der Waals surface area contributed by atoms with Gasteiger partial charge >= 0.3 is 5.97 Å². The standard InChI is InChI=1S/C20H23N5O3/c1-13-17(14(2)25(23-13)16-8-6-5-7-9-16)10-18(26)22-15-11-21-24(12-15)20(3,4)19(27)28/h5-9,11-12H,10H2,1-4H3,(H,22,26)(H,27,28). The highest BCUT2D eigenvalue weighted by Gasteiger charge is 2.30. The Kier molecular flexibility index (Phi) is 5.04. The van der Waals surface area contributed by atoms with Crippen molar-refractivity contribution >= 4 is 17.6 Å². The molecular formula is C20H23N5O3. The molecule has 0 fully saturated rings. The number of benzene rings is 1. The summed E-state index contributed by atoms with van der Waals surface area (Å²) in [5, 5.41) is 20.7. The van der Waals surface area contributed by atoms with Crippen molar-refractivity contribution in [2.45, 2.75) is 39.7 Å². The molecule has 0 atom stereocenters. The molecule has 28 heavy (non-hydrogen) atoms. The molecule has 146 valence electrons. The van der Waals surface area contributed by atoms with Gasteiger partial charge in [0.05, 0.1) is 29.7 Å². The van der Waals surface area contributed by atoms with Crippen LogP contribution >= 0.6 is 0 Å². The molecule has 2 heterocycles. The number of nitrogens with zero attached hydrogens (tertiary/aromatic N) is 4. The van der Waals surface area contributed by atoms with Gasteiger partial charge in [0, 0.05) is 17.5 Å². The van der Waals surface area contributed by atoms with Crippen molar-refractivity contribution in [3.05, 3.63) is 59.7 Å². The second-order valence-corrected chi connectivity index (χ2v) is 7.16. The lowest BCUT2D eigenvalue weighted by Crippen LogP contribution is -2.35. The molecule has 0 aliphatic rings. The van der Waals surface area contributed by atoms with E-state index in [4.69, 9.17) is 0 Å². The average molecular weight is 381 g/mol. The normalized spacial score (nSPS) is 11.4. The molecule has 8 heteroatoms. The number of amides is 1. The van der Waals surface area contributed by atoms with E-state index in [2.05, 4.69) is 15.5 Å². The van der Waals surface area contributed by atoms with E-state index in [1.807, 2.05) is 48.9 Å². The topological polar surface area (TPSA) is 102 Å². The van der Waals surface area contributed by atoms with Crippen LogP contribution in [0.3, 0.4) is 0 Å². The predicted molar refractivity (Wildman–Crippen MR) is 105 cm³/mol. The first-order chi connectivity index (χ1) is 13.2. The highest BCUT2D eigenvalue weighted by Crippen LogP contribution is 2.20. The summed E-state index contributed by atoms with van der Waals surface area (Å²) in [5.74, 6) is -1.22. The molecule has 0 aliphatic heterocycles. The van der Waals surface area contributed by atoms with Gasteiger partial charge in [0.15, 0.2) is 5.54 Å². The van der Waals surface area contributed by atoms with Crippen molar-refractivity contribution in [2.24, 2.45) is 0 Å². The molecule has 0 aliphatic carbocycles. The molecule has 0 radical (unpaired) electrons. The lowest BCUT2D eigenvalue weighted by molar-refractivity contribution is -0.146. The molecule has 1 aromatic carbocycles. The van der Waals surface area contributed by atoms with Crippen molar-refractivity contribution in [3.63, 3.8) is 0 Å². The van der Waals surface area contributed by atoms with Gasteiger partial charge in [0.25, 0.3) is 0 Å². The number of aliphatic carboxylic acids is 1. The molecule has 3 aromatic rings. The van der Waals surface area contributed by atoms with Crippen molar-refractivity contribution < 1.29 is 14.7 Å². The number of aromatic nitrogens is 4. The Morgan fingerprint density at radius 2 is 1.86 bits per heavy atom. The predicted octanol–water partition coefficient (Wildman–Crippen LogP) is 2.69. The Hall–Kier alpha value is -3.42. The van der Waals surface area contributed by atoms with Gasteiger partial charge in [-0.1, -0.05) is 18.2 Å². The SMILES string of the molecule is Cc1nn(-c2ccccc2)c(C)c1CC(=O)Nc1cnn(C(C)(C)C(=O)O)c1. The minimum absolute atomic E-state index is 0.165. The third kappa shape index (κ3) is 3.66. The largest absolute Gasteiger partial charge is 0.479 e. The van der Waals surface area contributed by atoms with E-state index < -0.39 is 11.5 Å². The van der Waals surface area contributed by atoms with Crippen LogP contribution in [0.15, 0.2) is 42.7 Å². The van der Waals surface area contributed by atoms with Crippen molar-refractivity contribution in [1.29, 1.82) is 0 Å². The number of carbonyl (C=O) groups is 2. The van der Waals surface area contributed by atoms with E-state index in [1.165, 1.54) is 17.1 Å². The van der Waals surface area contributed by atoms with Gasteiger partial charge in [0.2, 0.25) is 5.91 Å². The number of rotatable bonds is 6. The molecule has 1 amide bonds. The smallest absolute Gasteiger partial charge is 0.331 e. The summed E-state index contributed by atoms with van der Waals surface area (Å²) in [5.41, 5.74) is 2.74. The van der Waals surface area contributed by atoms with E-state index in [0.717, 1.165) is 22.6 Å². The van der Waals surface area contributed by atoms with Crippen LogP contribution in [0, 0.1) is 13.8 Å². The number of hydrogen-bond acceptors (Lipinski definition) is 4. The Bertz CT molecular complexity index is 1020. The zero-order valence-electron chi connectivity index (χ0n) is 16.3. The minimum atomic E-state index is -1.20. The average Bonchev–Trinajstić information content (AvgIpc) is 3.23. The molecule has 2 N–H and O–H groups in total. The summed E-state index contributed by atoms with van der Waals surface area (Å²) >= 11 is 0. The first kappa shape index (κ1) is 19.3. The third-order valence-electron chi connectivity index (χ3n) is 4.74. The fraction of sp³-hybridized carbons (Fsp3) is 0.300. The molecule has 0 saturated carbocycles. The number of carboxylic acid groups (broad SMARTS) is 1. The molecule has 8 nitrogen and oxygen atoms in total. The van der Waals surface area contributed by atoms with Crippen LogP contribution in [-0.4, -0.2) is 36.5 Å². The summed E-state index contributed by atoms with van der Waals surface area (Å²) in [4.78, 5) is 23.9. The summed E-state index contributed by atoms with van der Waals surface area (Å²) in [6, 6.07) is 9.74. The first-order valence-electron chi connectivity index (χ1n) is 8.89. The van der Waals surface area contributed by atoms with Gasteiger partial charge in [-0.2, -0.15) is 10.2 Å². The number of aryl methyl sites for hydroxylation is 1. The number of anilines is 1. The fourth-order valence-corrected chi connectivity index (χ4v) is 2.91. The van der Waals surface area contributed by atoms with E-state index in [9.17, 15) is 14.7 Å². The van der Waals surface area contributed by atoms with Crippen molar-refractivity contribution in [1.82, 2.24) is 19.6 Å². The summed E-state index contributed by atoms with van der Waals surface area (Å²) < 4.78 is 3.14. The third-order valence-corrected chi connectivity index (χ3v) is 4.74. The van der Waals surface area contributed by atoms with Crippen LogP contribution in [0.1, 0.15) is 30.8 Å². The monoisotopic (exact) mass is 381 g/mol. The first-order valence-corrected chi connectivity index (χ1v) is 8.89. The van der Waals surface area contributed by atoms with E-state index >= 15 is 0 Å². The molecule has 3 rings (SSSR count). The maximum atomic E-state index is 12.5. The van der Waals surface area contributed by atoms with Crippen molar-refractivity contribution in [2.75, 3.05) is 5.32 Å². The molecule has 0 saturated heterocycles.